The summed E-state index contributed by atoms with van der Waals surface area (Å²) in [5.41, 5.74) is 0. The van der Waals surface area contributed by atoms with E-state index in [2.05, 4.69) is 55.6 Å². The van der Waals surface area contributed by atoms with Crippen LogP contribution in [0.5, 0.6) is 0 Å². The molecule has 0 rings (SSSR count). The third-order valence-corrected chi connectivity index (χ3v) is 14.7. The van der Waals surface area contributed by atoms with Crippen LogP contribution < -0.4 is 10.2 Å². The molecule has 0 aromatic heterocycles. The van der Waals surface area contributed by atoms with Crippen molar-refractivity contribution in [2.45, 2.75) is 302 Å². The third kappa shape index (κ3) is 56.0. The van der Waals surface area contributed by atoms with Crippen molar-refractivity contribution < 1.29 is 32.9 Å². The van der Waals surface area contributed by atoms with E-state index in [1.165, 1.54) is 225 Å². The highest BCUT2D eigenvalue weighted by molar-refractivity contribution is 7.45. The molecule has 2 N–H and O–H groups in total. The van der Waals surface area contributed by atoms with Crippen LogP contribution in [0.4, 0.5) is 0 Å². The summed E-state index contributed by atoms with van der Waals surface area (Å²) in [6.45, 7) is 4.63. The topological polar surface area (TPSA) is 108 Å². The highest BCUT2D eigenvalue weighted by atomic mass is 31.2. The molecule has 9 heteroatoms. The van der Waals surface area contributed by atoms with E-state index < -0.39 is 26.6 Å². The fourth-order valence-electron chi connectivity index (χ4n) is 8.97. The fourth-order valence-corrected chi connectivity index (χ4v) is 9.69. The van der Waals surface area contributed by atoms with E-state index in [0.717, 1.165) is 44.9 Å². The monoisotopic (exact) mass is 1020 g/mol. The maximum Gasteiger partial charge on any atom is 0.268 e. The number of nitrogens with zero attached hydrogens (tertiary/aromatic N) is 1. The Morgan fingerprint density at radius 2 is 0.831 bits per heavy atom. The first-order valence-corrected chi connectivity index (χ1v) is 32.0. The van der Waals surface area contributed by atoms with E-state index in [1.54, 1.807) is 6.08 Å². The van der Waals surface area contributed by atoms with Crippen LogP contribution >= 0.6 is 7.82 Å². The van der Waals surface area contributed by atoms with E-state index in [9.17, 15) is 19.4 Å². The van der Waals surface area contributed by atoms with Crippen LogP contribution in [0, 0.1) is 0 Å². The van der Waals surface area contributed by atoms with Crippen molar-refractivity contribution >= 4 is 13.7 Å². The molecule has 0 heterocycles. The van der Waals surface area contributed by atoms with Gasteiger partial charge >= 0.3 is 0 Å². The lowest BCUT2D eigenvalue weighted by molar-refractivity contribution is -0.870. The summed E-state index contributed by atoms with van der Waals surface area (Å²) in [7, 11) is 1.24. The number of unbranched alkanes of at least 4 members (excludes halogenated alkanes) is 37. The molecule has 0 aliphatic heterocycles. The summed E-state index contributed by atoms with van der Waals surface area (Å²) in [5, 5.41) is 13.9. The number of hydrogen-bond donors (Lipinski definition) is 2. The smallest absolute Gasteiger partial charge is 0.268 e. The van der Waals surface area contributed by atoms with E-state index in [4.69, 9.17) is 9.05 Å². The highest BCUT2D eigenvalue weighted by Gasteiger charge is 2.23. The van der Waals surface area contributed by atoms with Gasteiger partial charge in [-0.1, -0.05) is 268 Å². The zero-order chi connectivity index (χ0) is 52.0. The summed E-state index contributed by atoms with van der Waals surface area (Å²) in [6.07, 6.45) is 70.6. The normalized spacial score (nSPS) is 14.2. The molecule has 0 radical (unpaired) electrons. The van der Waals surface area contributed by atoms with Gasteiger partial charge in [0.2, 0.25) is 5.91 Å². The predicted octanol–water partition coefficient (Wildman–Crippen LogP) is 18.1. The van der Waals surface area contributed by atoms with E-state index in [-0.39, 0.29) is 12.5 Å². The molecule has 418 valence electrons. The average Bonchev–Trinajstić information content (AvgIpc) is 3.33. The number of carbonyl (C=O) groups excluding carboxylic acids is 1. The molecule has 0 aromatic rings. The first kappa shape index (κ1) is 69.5. The van der Waals surface area contributed by atoms with Crippen LogP contribution in [0.1, 0.15) is 290 Å². The standard InChI is InChI=1S/C62H119N2O6P/c1-6-8-10-12-14-16-18-20-22-24-26-27-28-29-30-31-32-33-34-35-36-38-39-41-43-45-47-49-51-53-55-61(65)60(59-70-71(67,68)69-58-57-64(3,4)5)63-62(66)56-54-52-50-48-46-44-42-40-37-25-23-21-19-17-15-13-11-9-7-2/h15,17,21,23,45,47,53,55,60-61,65H,6-14,16,18-20,22,24-44,46,48-52,54,56-59H2,1-5H3,(H-,63,66,67,68)/b17-15-,23-21-,47-45+,55-53+. The van der Waals surface area contributed by atoms with Crippen LogP contribution in [-0.4, -0.2) is 68.5 Å². The number of phosphoric ester groups is 1. The van der Waals surface area contributed by atoms with Crippen molar-refractivity contribution in [3.8, 4) is 0 Å². The number of rotatable bonds is 56. The molecule has 0 spiro atoms. The average molecular weight is 1020 g/mol. The maximum absolute atomic E-state index is 13.0. The molecule has 0 bridgehead atoms. The minimum atomic E-state index is -4.61. The Hall–Kier alpha value is -1.54. The molecule has 0 aromatic carbocycles. The molecule has 0 aliphatic rings. The second-order valence-corrected chi connectivity index (χ2v) is 23.5. The summed E-state index contributed by atoms with van der Waals surface area (Å²) in [6, 6.07) is -0.908. The number of amides is 1. The Kier molecular flexibility index (Phi) is 52.1. The summed E-state index contributed by atoms with van der Waals surface area (Å²) < 4.78 is 23.4. The number of phosphoric acid groups is 1. The van der Waals surface area contributed by atoms with Gasteiger partial charge in [0.1, 0.15) is 13.2 Å². The van der Waals surface area contributed by atoms with Crippen LogP contribution in [0.2, 0.25) is 0 Å². The number of aliphatic hydroxyl groups excluding tert-OH is 1. The summed E-state index contributed by atoms with van der Waals surface area (Å²) >= 11 is 0. The van der Waals surface area contributed by atoms with E-state index in [0.29, 0.717) is 17.4 Å². The number of allylic oxidation sites excluding steroid dienone is 7. The number of quaternary nitrogens is 1. The predicted molar refractivity (Wildman–Crippen MR) is 307 cm³/mol. The molecule has 8 nitrogen and oxygen atoms in total. The zero-order valence-electron chi connectivity index (χ0n) is 47.7. The molecule has 0 fully saturated rings. The van der Waals surface area contributed by atoms with Crippen LogP contribution in [0.3, 0.4) is 0 Å². The lowest BCUT2D eigenvalue weighted by Crippen LogP contribution is -2.45. The fraction of sp³-hybridized carbons (Fsp3) is 0.855. The Balaban J connectivity index is 4.17. The molecule has 3 unspecified atom stereocenters. The van der Waals surface area contributed by atoms with Crippen molar-refractivity contribution in [1.29, 1.82) is 0 Å². The zero-order valence-corrected chi connectivity index (χ0v) is 48.6. The number of hydrogen-bond acceptors (Lipinski definition) is 6. The Labute approximate surface area is 441 Å². The Morgan fingerprint density at radius 3 is 1.25 bits per heavy atom. The van der Waals surface area contributed by atoms with E-state index >= 15 is 0 Å². The van der Waals surface area contributed by atoms with Gasteiger partial charge in [-0.25, -0.2) is 0 Å². The van der Waals surface area contributed by atoms with Gasteiger partial charge in [0.25, 0.3) is 7.82 Å². The van der Waals surface area contributed by atoms with Gasteiger partial charge in [0, 0.05) is 6.42 Å². The minimum absolute atomic E-state index is 0.00782. The second-order valence-electron chi connectivity index (χ2n) is 22.0. The Bertz CT molecular complexity index is 1290. The van der Waals surface area contributed by atoms with Crippen molar-refractivity contribution in [3.05, 3.63) is 48.6 Å². The van der Waals surface area contributed by atoms with Crippen molar-refractivity contribution in [2.24, 2.45) is 0 Å². The summed E-state index contributed by atoms with van der Waals surface area (Å²) in [5.74, 6) is -0.210. The second kappa shape index (κ2) is 53.3. The molecule has 0 saturated heterocycles. The highest BCUT2D eigenvalue weighted by Crippen LogP contribution is 2.38. The van der Waals surface area contributed by atoms with Crippen molar-refractivity contribution in [1.82, 2.24) is 5.32 Å². The molecular formula is C62H119N2O6P. The molecule has 0 saturated carbocycles. The quantitative estimate of drug-likeness (QED) is 0.0272. The molecule has 3 atom stereocenters. The molecular weight excluding hydrogens is 900 g/mol. The molecule has 0 aliphatic carbocycles. The lowest BCUT2D eigenvalue weighted by Gasteiger charge is -2.29. The van der Waals surface area contributed by atoms with Crippen molar-refractivity contribution in [3.63, 3.8) is 0 Å². The van der Waals surface area contributed by atoms with Crippen LogP contribution in [0.25, 0.3) is 0 Å². The van der Waals surface area contributed by atoms with Gasteiger partial charge in [-0.05, 0) is 64.2 Å². The largest absolute Gasteiger partial charge is 0.756 e. The van der Waals surface area contributed by atoms with Crippen LogP contribution in [0.15, 0.2) is 48.6 Å². The van der Waals surface area contributed by atoms with Crippen LogP contribution in [-0.2, 0) is 18.4 Å². The van der Waals surface area contributed by atoms with Gasteiger partial charge in [0.05, 0.1) is 39.9 Å². The van der Waals surface area contributed by atoms with Gasteiger partial charge in [-0.15, -0.1) is 0 Å². The lowest BCUT2D eigenvalue weighted by atomic mass is 10.0. The summed E-state index contributed by atoms with van der Waals surface area (Å²) in [4.78, 5) is 25.5. The first-order chi connectivity index (χ1) is 34.5. The Morgan fingerprint density at radius 1 is 0.493 bits per heavy atom. The number of likely N-dealkylation sites (N-methyl/N-ethyl adjacent to an activating group) is 1. The molecule has 1 amide bonds. The molecule has 71 heavy (non-hydrogen) atoms. The van der Waals surface area contributed by atoms with Gasteiger partial charge in [-0.3, -0.25) is 9.36 Å². The maximum atomic E-state index is 13.0. The van der Waals surface area contributed by atoms with Crippen molar-refractivity contribution in [2.75, 3.05) is 40.9 Å². The van der Waals surface area contributed by atoms with Gasteiger partial charge in [0.15, 0.2) is 0 Å². The SMILES string of the molecule is CCCCC/C=C\C/C=C\CCCCCCCCCCCC(=O)NC(COP(=O)([O-])OCC[N+](C)(C)C)C(O)/C=C/CC/C=C/CCCCCCCCCCCCCCCCCCCCCCCCCC. The number of nitrogens with one attached hydrogen (secondary N) is 1. The van der Waals surface area contributed by atoms with Gasteiger partial charge < -0.3 is 28.8 Å². The number of aliphatic hydroxyl groups is 1. The minimum Gasteiger partial charge on any atom is -0.756 e. The third-order valence-electron chi connectivity index (χ3n) is 13.8. The van der Waals surface area contributed by atoms with E-state index in [1.807, 2.05) is 27.2 Å². The number of carbonyl (C=O) groups is 1. The van der Waals surface area contributed by atoms with Gasteiger partial charge in [-0.2, -0.15) is 0 Å². The first-order valence-electron chi connectivity index (χ1n) is 30.5.